The van der Waals surface area contributed by atoms with E-state index >= 15 is 0 Å². The zero-order valence-corrected chi connectivity index (χ0v) is 23.2. The lowest BCUT2D eigenvalue weighted by Gasteiger charge is -2.29. The van der Waals surface area contributed by atoms with Crippen molar-refractivity contribution in [1.29, 1.82) is 0 Å². The highest BCUT2D eigenvalue weighted by molar-refractivity contribution is 7.15. The van der Waals surface area contributed by atoms with E-state index in [1.807, 2.05) is 48.8 Å². The van der Waals surface area contributed by atoms with Crippen molar-refractivity contribution < 1.29 is 4.74 Å². The fourth-order valence-corrected chi connectivity index (χ4v) is 6.05. The quantitative estimate of drug-likeness (QED) is 0.240. The van der Waals surface area contributed by atoms with Crippen LogP contribution in [0.4, 0.5) is 28.1 Å². The third kappa shape index (κ3) is 4.99. The molecule has 2 N–H and O–H groups in total. The Hall–Kier alpha value is -4.39. The number of benzene rings is 2. The maximum Gasteiger partial charge on any atom is 0.227 e. The molecular formula is C28H25N9OS2. The Balaban J connectivity index is 1.21. The number of aryl methyl sites for hydroxylation is 1. The van der Waals surface area contributed by atoms with Gasteiger partial charge in [-0.3, -0.25) is 4.40 Å². The number of nitrogens with zero attached hydrogens (tertiary/aromatic N) is 7. The Morgan fingerprint density at radius 1 is 0.925 bits per heavy atom. The molecule has 0 radical (unpaired) electrons. The number of fused-ring (bicyclic) bond motifs is 1. The molecule has 1 saturated heterocycles. The number of ether oxygens (including phenoxy) is 1. The lowest BCUT2D eigenvalue weighted by molar-refractivity contribution is 0.122. The summed E-state index contributed by atoms with van der Waals surface area (Å²) in [6.45, 7) is 5.19. The van der Waals surface area contributed by atoms with Crippen LogP contribution >= 0.6 is 22.7 Å². The fraction of sp³-hybridized carbons (Fsp3) is 0.179. The molecule has 1 aliphatic heterocycles. The van der Waals surface area contributed by atoms with Gasteiger partial charge in [0, 0.05) is 53.5 Å². The van der Waals surface area contributed by atoms with E-state index in [9.17, 15) is 0 Å². The summed E-state index contributed by atoms with van der Waals surface area (Å²) >= 11 is 3.11. The Labute approximate surface area is 238 Å². The summed E-state index contributed by atoms with van der Waals surface area (Å²) in [4.78, 5) is 17.6. The second-order valence-electron chi connectivity index (χ2n) is 9.24. The summed E-state index contributed by atoms with van der Waals surface area (Å²) in [5.74, 6) is 0.523. The molecule has 0 unspecified atom stereocenters. The van der Waals surface area contributed by atoms with Gasteiger partial charge in [-0.2, -0.15) is 0 Å². The van der Waals surface area contributed by atoms with Crippen LogP contribution in [-0.4, -0.2) is 55.9 Å². The van der Waals surface area contributed by atoms with Crippen molar-refractivity contribution in [3.05, 3.63) is 77.4 Å². The first kappa shape index (κ1) is 24.6. The molecule has 0 amide bonds. The van der Waals surface area contributed by atoms with Crippen LogP contribution in [0.5, 0.6) is 0 Å². The standard InChI is InChI=1S/C28H25N9OS2/c1-18-34-35-27(40-18)31-20-5-2-4-19(16-20)24-25(37-12-15-39-28(37)33-24)23-8-9-29-26(32-23)30-21-6-3-7-22(17-21)36-10-13-38-14-11-36/h2-9,12,15-17H,10-11,13-14H2,1H3,(H,31,35)(H,29,30,32). The number of hydrogen-bond donors (Lipinski definition) is 2. The van der Waals surface area contributed by atoms with Crippen LogP contribution in [0.15, 0.2) is 72.4 Å². The minimum atomic E-state index is 0.523. The lowest BCUT2D eigenvalue weighted by Crippen LogP contribution is -2.36. The van der Waals surface area contributed by atoms with Gasteiger partial charge in [-0.1, -0.05) is 29.5 Å². The maximum atomic E-state index is 5.50. The van der Waals surface area contributed by atoms with Gasteiger partial charge in [-0.15, -0.1) is 21.5 Å². The number of hydrogen-bond acceptors (Lipinski definition) is 11. The zero-order valence-electron chi connectivity index (χ0n) is 21.6. The van der Waals surface area contributed by atoms with Gasteiger partial charge in [0.2, 0.25) is 11.1 Å². The molecule has 1 fully saturated rings. The van der Waals surface area contributed by atoms with Gasteiger partial charge in [-0.05, 0) is 43.3 Å². The molecule has 1 aliphatic rings. The van der Waals surface area contributed by atoms with Crippen molar-refractivity contribution >= 4 is 55.8 Å². The molecule has 200 valence electrons. The maximum absolute atomic E-state index is 5.50. The number of nitrogens with one attached hydrogen (secondary N) is 2. The number of anilines is 5. The molecule has 0 spiro atoms. The summed E-state index contributed by atoms with van der Waals surface area (Å²) in [5.41, 5.74) is 6.52. The minimum absolute atomic E-state index is 0.523. The lowest BCUT2D eigenvalue weighted by atomic mass is 10.1. The van der Waals surface area contributed by atoms with Gasteiger partial charge in [0.15, 0.2) is 4.96 Å². The molecular weight excluding hydrogens is 543 g/mol. The van der Waals surface area contributed by atoms with Gasteiger partial charge in [0.1, 0.15) is 10.7 Å². The van der Waals surface area contributed by atoms with Crippen molar-refractivity contribution in [2.75, 3.05) is 41.8 Å². The van der Waals surface area contributed by atoms with Crippen LogP contribution in [0.2, 0.25) is 0 Å². The molecule has 2 aromatic carbocycles. The van der Waals surface area contributed by atoms with Crippen LogP contribution in [0.25, 0.3) is 27.6 Å². The van der Waals surface area contributed by atoms with E-state index in [4.69, 9.17) is 14.7 Å². The van der Waals surface area contributed by atoms with Gasteiger partial charge >= 0.3 is 0 Å². The van der Waals surface area contributed by atoms with E-state index in [0.717, 1.165) is 81.1 Å². The van der Waals surface area contributed by atoms with E-state index in [2.05, 4.69) is 59.4 Å². The van der Waals surface area contributed by atoms with Gasteiger partial charge in [-0.25, -0.2) is 15.0 Å². The summed E-state index contributed by atoms with van der Waals surface area (Å²) in [7, 11) is 0. The second kappa shape index (κ2) is 10.6. The first-order valence-corrected chi connectivity index (χ1v) is 14.6. The SMILES string of the molecule is Cc1nnc(Nc2cccc(-c3nc4sccn4c3-c3ccnc(Nc4cccc(N5CCOCC5)c4)n3)c2)s1. The van der Waals surface area contributed by atoms with Crippen LogP contribution in [0.3, 0.4) is 0 Å². The molecule has 7 rings (SSSR count). The number of aromatic nitrogens is 6. The molecule has 6 aromatic rings. The minimum Gasteiger partial charge on any atom is -0.378 e. The average Bonchev–Trinajstić information content (AvgIpc) is 3.70. The molecule has 0 saturated carbocycles. The number of morpholine rings is 1. The summed E-state index contributed by atoms with van der Waals surface area (Å²) in [6.07, 6.45) is 3.81. The van der Waals surface area contributed by atoms with Gasteiger partial charge in [0.25, 0.3) is 0 Å². The van der Waals surface area contributed by atoms with Crippen molar-refractivity contribution in [2.24, 2.45) is 0 Å². The largest absolute Gasteiger partial charge is 0.378 e. The topological polar surface area (TPSA) is 105 Å². The zero-order chi connectivity index (χ0) is 26.9. The molecule has 10 nitrogen and oxygen atoms in total. The smallest absolute Gasteiger partial charge is 0.227 e. The summed E-state index contributed by atoms with van der Waals surface area (Å²) < 4.78 is 7.59. The monoisotopic (exact) mass is 567 g/mol. The van der Waals surface area contributed by atoms with Crippen molar-refractivity contribution in [3.8, 4) is 22.6 Å². The predicted octanol–water partition coefficient (Wildman–Crippen LogP) is 6.00. The van der Waals surface area contributed by atoms with Gasteiger partial charge < -0.3 is 20.3 Å². The number of imidazole rings is 1. The third-order valence-corrected chi connectivity index (χ3v) is 8.06. The second-order valence-corrected chi connectivity index (χ2v) is 11.3. The van der Waals surface area contributed by atoms with Crippen LogP contribution in [0, 0.1) is 6.92 Å². The molecule has 0 bridgehead atoms. The number of rotatable bonds is 7. The van der Waals surface area contributed by atoms with Crippen LogP contribution < -0.4 is 15.5 Å². The normalized spacial score (nSPS) is 13.6. The predicted molar refractivity (Wildman–Crippen MR) is 160 cm³/mol. The highest BCUT2D eigenvalue weighted by Gasteiger charge is 2.19. The Kier molecular flexibility index (Phi) is 6.55. The molecule has 12 heteroatoms. The van der Waals surface area contributed by atoms with Crippen molar-refractivity contribution in [1.82, 2.24) is 29.5 Å². The summed E-state index contributed by atoms with van der Waals surface area (Å²) in [6, 6.07) is 18.4. The van der Waals surface area contributed by atoms with Crippen molar-refractivity contribution in [3.63, 3.8) is 0 Å². The Morgan fingerprint density at radius 3 is 2.62 bits per heavy atom. The number of thiazole rings is 1. The van der Waals surface area contributed by atoms with Crippen LogP contribution in [0.1, 0.15) is 5.01 Å². The average molecular weight is 568 g/mol. The van der Waals surface area contributed by atoms with E-state index in [1.54, 1.807) is 17.5 Å². The Morgan fingerprint density at radius 2 is 1.77 bits per heavy atom. The highest BCUT2D eigenvalue weighted by Crippen LogP contribution is 2.35. The van der Waals surface area contributed by atoms with E-state index in [0.29, 0.717) is 5.95 Å². The fourth-order valence-electron chi connectivity index (χ4n) is 4.73. The van der Waals surface area contributed by atoms with Crippen molar-refractivity contribution in [2.45, 2.75) is 6.92 Å². The van der Waals surface area contributed by atoms with E-state index in [-0.39, 0.29) is 0 Å². The van der Waals surface area contributed by atoms with Gasteiger partial charge in [0.05, 0.1) is 24.6 Å². The third-order valence-electron chi connectivity index (χ3n) is 6.55. The Bertz CT molecular complexity index is 1790. The molecule has 40 heavy (non-hydrogen) atoms. The molecule has 4 aromatic heterocycles. The first-order chi connectivity index (χ1) is 19.7. The van der Waals surface area contributed by atoms with E-state index < -0.39 is 0 Å². The first-order valence-electron chi connectivity index (χ1n) is 12.9. The summed E-state index contributed by atoms with van der Waals surface area (Å²) in [5, 5.41) is 18.7. The highest BCUT2D eigenvalue weighted by atomic mass is 32.1. The molecule has 0 aliphatic carbocycles. The van der Waals surface area contributed by atoms with Crippen LogP contribution in [-0.2, 0) is 4.74 Å². The molecule has 5 heterocycles. The molecule has 0 atom stereocenters. The van der Waals surface area contributed by atoms with E-state index in [1.165, 1.54) is 11.3 Å².